The molecule has 200 valence electrons. The number of fused-ring (bicyclic) bond motifs is 1. The first-order valence-electron chi connectivity index (χ1n) is 13.3. The Labute approximate surface area is 228 Å². The molecule has 5 rings (SSSR count). The molecule has 2 saturated heterocycles. The van der Waals surface area contributed by atoms with Crippen molar-refractivity contribution in [1.29, 1.82) is 0 Å². The van der Waals surface area contributed by atoms with Crippen molar-refractivity contribution in [3.8, 4) is 0 Å². The largest absolute Gasteiger partial charge is 0.359 e. The summed E-state index contributed by atoms with van der Waals surface area (Å²) in [6.45, 7) is 8.34. The summed E-state index contributed by atoms with van der Waals surface area (Å²) in [4.78, 5) is 43.2. The zero-order chi connectivity index (χ0) is 26.6. The first-order chi connectivity index (χ1) is 17.6. The van der Waals surface area contributed by atoms with Crippen LogP contribution in [-0.2, 0) is 19.1 Å². The van der Waals surface area contributed by atoms with Gasteiger partial charge < -0.3 is 20.3 Å². The van der Waals surface area contributed by atoms with Gasteiger partial charge in [0.05, 0.1) is 17.9 Å². The molecule has 1 aromatic rings. The highest BCUT2D eigenvalue weighted by Crippen LogP contribution is 2.56. The summed E-state index contributed by atoms with van der Waals surface area (Å²) in [7, 11) is 0. The van der Waals surface area contributed by atoms with E-state index in [1.807, 2.05) is 26.0 Å². The third-order valence-corrected chi connectivity index (χ3v) is 9.53. The molecule has 0 aromatic heterocycles. The van der Waals surface area contributed by atoms with Crippen LogP contribution in [0.5, 0.6) is 0 Å². The Balaban J connectivity index is 1.45. The van der Waals surface area contributed by atoms with Gasteiger partial charge in [0.15, 0.2) is 0 Å². The molecule has 2 bridgehead atoms. The van der Waals surface area contributed by atoms with Crippen LogP contribution in [-0.4, -0.2) is 52.5 Å². The lowest BCUT2D eigenvalue weighted by atomic mass is 9.73. The van der Waals surface area contributed by atoms with Crippen molar-refractivity contribution >= 4 is 46.6 Å². The normalized spacial score (nSPS) is 37.0. The molecule has 37 heavy (non-hydrogen) atoms. The molecule has 0 unspecified atom stereocenters. The lowest BCUT2D eigenvalue weighted by molar-refractivity contribution is -0.144. The molecular weight excluding hydrogens is 513 g/mol. The van der Waals surface area contributed by atoms with E-state index in [1.165, 1.54) is 0 Å². The molecular formula is C28H35Cl2N3O4. The highest BCUT2D eigenvalue weighted by molar-refractivity contribution is 6.35. The minimum Gasteiger partial charge on any atom is -0.359 e. The van der Waals surface area contributed by atoms with E-state index in [-0.39, 0.29) is 29.8 Å². The molecule has 2 N–H and O–H groups in total. The number of hydrogen-bond donors (Lipinski definition) is 2. The molecule has 9 heteroatoms. The fourth-order valence-electron chi connectivity index (χ4n) is 6.78. The van der Waals surface area contributed by atoms with Gasteiger partial charge in [0, 0.05) is 27.8 Å². The van der Waals surface area contributed by atoms with E-state index in [0.717, 1.165) is 19.3 Å². The van der Waals surface area contributed by atoms with E-state index >= 15 is 0 Å². The Morgan fingerprint density at radius 2 is 1.86 bits per heavy atom. The van der Waals surface area contributed by atoms with Gasteiger partial charge in [0.25, 0.3) is 0 Å². The van der Waals surface area contributed by atoms with Crippen LogP contribution in [0.2, 0.25) is 10.0 Å². The van der Waals surface area contributed by atoms with Crippen molar-refractivity contribution in [2.24, 2.45) is 23.7 Å². The van der Waals surface area contributed by atoms with Crippen molar-refractivity contribution in [3.05, 3.63) is 40.4 Å². The van der Waals surface area contributed by atoms with Crippen LogP contribution < -0.4 is 10.6 Å². The molecule has 1 aliphatic carbocycles. The topological polar surface area (TPSA) is 87.7 Å². The van der Waals surface area contributed by atoms with Crippen LogP contribution in [0.3, 0.4) is 0 Å². The van der Waals surface area contributed by atoms with Gasteiger partial charge in [-0.05, 0) is 49.8 Å². The van der Waals surface area contributed by atoms with Gasteiger partial charge >= 0.3 is 0 Å². The summed E-state index contributed by atoms with van der Waals surface area (Å²) >= 11 is 12.2. The van der Waals surface area contributed by atoms with E-state index < -0.39 is 29.6 Å². The van der Waals surface area contributed by atoms with Crippen LogP contribution in [0.1, 0.15) is 53.4 Å². The summed E-state index contributed by atoms with van der Waals surface area (Å²) in [5.74, 6) is -1.46. The van der Waals surface area contributed by atoms with Crippen molar-refractivity contribution < 1.29 is 19.1 Å². The van der Waals surface area contributed by atoms with Gasteiger partial charge in [-0.3, -0.25) is 14.4 Å². The average molecular weight is 549 g/mol. The Morgan fingerprint density at radius 3 is 2.54 bits per heavy atom. The Kier molecular flexibility index (Phi) is 7.09. The maximum atomic E-state index is 14.0. The molecule has 4 aliphatic rings. The maximum Gasteiger partial charge on any atom is 0.246 e. The van der Waals surface area contributed by atoms with E-state index in [2.05, 4.69) is 24.5 Å². The maximum absolute atomic E-state index is 14.0. The minimum atomic E-state index is -1.17. The van der Waals surface area contributed by atoms with Crippen LogP contribution in [0.15, 0.2) is 30.4 Å². The highest BCUT2D eigenvalue weighted by atomic mass is 35.5. The number of likely N-dealkylation sites (tertiary alicyclic amines) is 1. The quantitative estimate of drug-likeness (QED) is 0.499. The zero-order valence-electron chi connectivity index (χ0n) is 21.7. The summed E-state index contributed by atoms with van der Waals surface area (Å²) in [5.41, 5.74) is -0.727. The van der Waals surface area contributed by atoms with Crippen molar-refractivity contribution in [1.82, 2.24) is 10.2 Å². The smallest absolute Gasteiger partial charge is 0.246 e. The Morgan fingerprint density at radius 1 is 1.16 bits per heavy atom. The second-order valence-electron chi connectivity index (χ2n) is 11.2. The van der Waals surface area contributed by atoms with Crippen LogP contribution in [0.25, 0.3) is 0 Å². The van der Waals surface area contributed by atoms with E-state index in [1.54, 1.807) is 23.1 Å². The Bertz CT molecular complexity index is 1120. The predicted octanol–water partition coefficient (Wildman–Crippen LogP) is 4.82. The van der Waals surface area contributed by atoms with Gasteiger partial charge in [0.1, 0.15) is 11.6 Å². The number of carbonyl (C=O) groups is 3. The van der Waals surface area contributed by atoms with Crippen LogP contribution >= 0.6 is 23.2 Å². The lowest BCUT2D eigenvalue weighted by Gasteiger charge is -2.39. The molecule has 1 spiro atoms. The fraction of sp³-hybridized carbons (Fsp3) is 0.607. The molecule has 3 fully saturated rings. The van der Waals surface area contributed by atoms with E-state index in [9.17, 15) is 14.4 Å². The van der Waals surface area contributed by atoms with Crippen molar-refractivity contribution in [2.45, 2.75) is 83.2 Å². The molecule has 3 amide bonds. The number of rotatable bonds is 6. The molecule has 0 radical (unpaired) electrons. The summed E-state index contributed by atoms with van der Waals surface area (Å²) in [6.07, 6.45) is 6.90. The molecule has 3 heterocycles. The van der Waals surface area contributed by atoms with Gasteiger partial charge in [-0.15, -0.1) is 0 Å². The lowest BCUT2D eigenvalue weighted by Crippen LogP contribution is -2.59. The highest BCUT2D eigenvalue weighted by Gasteiger charge is 2.73. The molecule has 9 atom stereocenters. The van der Waals surface area contributed by atoms with Gasteiger partial charge in [-0.25, -0.2) is 0 Å². The molecule has 1 aromatic carbocycles. The number of nitrogens with zero attached hydrogens (tertiary/aromatic N) is 1. The first kappa shape index (κ1) is 26.5. The zero-order valence-corrected chi connectivity index (χ0v) is 23.2. The van der Waals surface area contributed by atoms with E-state index in [4.69, 9.17) is 27.9 Å². The number of halogens is 2. The van der Waals surface area contributed by atoms with Gasteiger partial charge in [-0.1, -0.05) is 69.0 Å². The number of carbonyl (C=O) groups excluding carboxylic acids is 3. The third-order valence-electron chi connectivity index (χ3n) is 9.09. The molecule has 1 saturated carbocycles. The number of nitrogens with one attached hydrogen (secondary N) is 2. The van der Waals surface area contributed by atoms with Gasteiger partial charge in [-0.2, -0.15) is 0 Å². The summed E-state index contributed by atoms with van der Waals surface area (Å²) < 4.78 is 6.42. The van der Waals surface area contributed by atoms with Crippen LogP contribution in [0.4, 0.5) is 5.69 Å². The van der Waals surface area contributed by atoms with Crippen molar-refractivity contribution in [3.63, 3.8) is 0 Å². The second-order valence-corrected chi connectivity index (χ2v) is 12.1. The Hall–Kier alpha value is -2.09. The minimum absolute atomic E-state index is 0.0508. The van der Waals surface area contributed by atoms with Gasteiger partial charge in [0.2, 0.25) is 17.7 Å². The number of hydrogen-bond acceptors (Lipinski definition) is 4. The SMILES string of the molecule is CC[C@H](C)N1C(=O)[C@@H]2[C@H](C(=O)Nc3cc(Cl)cc(Cl)c3)[C@@H]3C=C[C@@]2(O3)[C@@H]1C(=O)N[C@@H]1CCC[C@@H](C)[C@@H]1C. The van der Waals surface area contributed by atoms with Crippen molar-refractivity contribution in [2.75, 3.05) is 5.32 Å². The first-order valence-corrected chi connectivity index (χ1v) is 14.1. The standard InChI is InChI=1S/C28H35Cl2N3O4/c1-5-15(3)33-24(26(35)32-20-8-6-7-14(2)16(20)4)28-10-9-21(37-28)22(23(28)27(33)36)25(34)31-19-12-17(29)11-18(30)13-19/h9-16,20-24H,5-8H2,1-4H3,(H,31,34)(H,32,35)/t14-,15+,16+,20-,21+,22-,23+,24+,28+/m1/s1. The number of anilines is 1. The van der Waals surface area contributed by atoms with E-state index in [0.29, 0.717) is 34.0 Å². The number of benzene rings is 1. The summed E-state index contributed by atoms with van der Waals surface area (Å²) in [5, 5.41) is 6.94. The summed E-state index contributed by atoms with van der Waals surface area (Å²) in [6, 6.07) is 3.83. The predicted molar refractivity (Wildman–Crippen MR) is 143 cm³/mol. The van der Waals surface area contributed by atoms with Crippen LogP contribution in [0, 0.1) is 23.7 Å². The monoisotopic (exact) mass is 547 g/mol. The second kappa shape index (κ2) is 9.90. The number of ether oxygens (including phenoxy) is 1. The molecule has 7 nitrogen and oxygen atoms in total. The number of amides is 3. The molecule has 3 aliphatic heterocycles. The third kappa shape index (κ3) is 4.37. The fourth-order valence-corrected chi connectivity index (χ4v) is 7.30. The average Bonchev–Trinajstić information content (AvgIpc) is 3.48.